The number of methoxy groups -OCH3 is 1. The lowest BCUT2D eigenvalue weighted by Gasteiger charge is -2.22. The van der Waals surface area contributed by atoms with Crippen LogP contribution in [0.1, 0.15) is 32.6 Å². The summed E-state index contributed by atoms with van der Waals surface area (Å²) >= 11 is 0. The summed E-state index contributed by atoms with van der Waals surface area (Å²) in [6, 6.07) is -0.389. The van der Waals surface area contributed by atoms with Crippen LogP contribution in [0.3, 0.4) is 0 Å². The molecule has 1 saturated carbocycles. The van der Waals surface area contributed by atoms with E-state index in [1.807, 2.05) is 0 Å². The quantitative estimate of drug-likeness (QED) is 0.489. The molecule has 2 amide bonds. The molecule has 0 spiro atoms. The number of carbonyl (C=O) groups is 2. The molecule has 1 aliphatic rings. The second kappa shape index (κ2) is 6.90. The highest BCUT2D eigenvalue weighted by molar-refractivity contribution is 5.74. The molecule has 20 heavy (non-hydrogen) atoms. The zero-order valence-corrected chi connectivity index (χ0v) is 12.1. The lowest BCUT2D eigenvalue weighted by molar-refractivity contribution is -0.141. The van der Waals surface area contributed by atoms with Gasteiger partial charge in [0.25, 0.3) is 0 Å². The molecular weight excluding hydrogens is 264 g/mol. The standard InChI is InChI=1S/C13H24N2O5/c1-12(19,7-10(16)17)8-14-11(18)15-9-13(3-4-13)5-6-20-2/h19H,3-9H2,1-2H3,(H,16,17)(H2,14,15,18). The molecule has 4 N–H and O–H groups in total. The molecule has 1 atom stereocenters. The Kier molecular flexibility index (Phi) is 5.76. The predicted octanol–water partition coefficient (Wildman–Crippen LogP) is 0.328. The van der Waals surface area contributed by atoms with Crippen molar-refractivity contribution < 1.29 is 24.5 Å². The van der Waals surface area contributed by atoms with Crippen LogP contribution in [0.4, 0.5) is 4.79 Å². The molecule has 1 rings (SSSR count). The van der Waals surface area contributed by atoms with E-state index in [4.69, 9.17) is 9.84 Å². The van der Waals surface area contributed by atoms with Gasteiger partial charge in [0, 0.05) is 26.8 Å². The number of nitrogens with one attached hydrogen (secondary N) is 2. The summed E-state index contributed by atoms with van der Waals surface area (Å²) in [7, 11) is 1.65. The third kappa shape index (κ3) is 6.21. The Morgan fingerprint density at radius 3 is 2.50 bits per heavy atom. The van der Waals surface area contributed by atoms with Crippen LogP contribution in [0, 0.1) is 5.41 Å². The van der Waals surface area contributed by atoms with Gasteiger partial charge in [0.2, 0.25) is 0 Å². The van der Waals surface area contributed by atoms with Gasteiger partial charge in [-0.15, -0.1) is 0 Å². The normalized spacial score (nSPS) is 18.9. The molecular formula is C13H24N2O5. The number of hydrogen-bond donors (Lipinski definition) is 4. The van der Waals surface area contributed by atoms with Crippen LogP contribution in [-0.2, 0) is 9.53 Å². The van der Waals surface area contributed by atoms with Crippen molar-refractivity contribution in [2.45, 2.75) is 38.2 Å². The summed E-state index contributed by atoms with van der Waals surface area (Å²) in [5, 5.41) is 23.6. The number of carboxylic acid groups (broad SMARTS) is 1. The number of hydrogen-bond acceptors (Lipinski definition) is 4. The number of amides is 2. The summed E-state index contributed by atoms with van der Waals surface area (Å²) in [6.45, 7) is 2.53. The Bertz CT molecular complexity index is 353. The SMILES string of the molecule is COCCC1(CNC(=O)NCC(C)(O)CC(=O)O)CC1. The van der Waals surface area contributed by atoms with Crippen LogP contribution < -0.4 is 10.6 Å². The maximum Gasteiger partial charge on any atom is 0.314 e. The van der Waals surface area contributed by atoms with E-state index < -0.39 is 18.0 Å². The fraction of sp³-hybridized carbons (Fsp3) is 0.846. The largest absolute Gasteiger partial charge is 0.481 e. The van der Waals surface area contributed by atoms with Gasteiger partial charge in [-0.25, -0.2) is 4.79 Å². The number of aliphatic hydroxyl groups is 1. The fourth-order valence-electron chi connectivity index (χ4n) is 2.00. The first-order chi connectivity index (χ1) is 9.29. The Morgan fingerprint density at radius 2 is 2.00 bits per heavy atom. The molecule has 116 valence electrons. The molecule has 7 heteroatoms. The van der Waals surface area contributed by atoms with Gasteiger partial charge in [0.05, 0.1) is 12.0 Å². The first-order valence-corrected chi connectivity index (χ1v) is 6.73. The van der Waals surface area contributed by atoms with Gasteiger partial charge in [-0.3, -0.25) is 4.79 Å². The average molecular weight is 288 g/mol. The van der Waals surface area contributed by atoms with Crippen molar-refractivity contribution in [3.63, 3.8) is 0 Å². The zero-order chi connectivity index (χ0) is 15.2. The van der Waals surface area contributed by atoms with Crippen LogP contribution in [0.25, 0.3) is 0 Å². The minimum absolute atomic E-state index is 0.101. The molecule has 0 aromatic carbocycles. The van der Waals surface area contributed by atoms with E-state index in [1.165, 1.54) is 6.92 Å². The van der Waals surface area contributed by atoms with Crippen molar-refractivity contribution >= 4 is 12.0 Å². The minimum atomic E-state index is -1.45. The summed E-state index contributed by atoms with van der Waals surface area (Å²) in [6.07, 6.45) is 2.66. The lowest BCUT2D eigenvalue weighted by atomic mass is 10.0. The summed E-state index contributed by atoms with van der Waals surface area (Å²) < 4.78 is 5.04. The first kappa shape index (κ1) is 16.7. The monoisotopic (exact) mass is 288 g/mol. The summed E-state index contributed by atoms with van der Waals surface area (Å²) in [4.78, 5) is 22.1. The molecule has 7 nitrogen and oxygen atoms in total. The van der Waals surface area contributed by atoms with Crippen LogP contribution in [0.5, 0.6) is 0 Å². The Labute approximate surface area is 118 Å². The number of urea groups is 1. The van der Waals surface area contributed by atoms with Crippen LogP contribution in [0.15, 0.2) is 0 Å². The van der Waals surface area contributed by atoms with Gasteiger partial charge in [0.15, 0.2) is 0 Å². The topological polar surface area (TPSA) is 108 Å². The van der Waals surface area contributed by atoms with E-state index in [0.717, 1.165) is 19.3 Å². The highest BCUT2D eigenvalue weighted by atomic mass is 16.5. The van der Waals surface area contributed by atoms with E-state index >= 15 is 0 Å². The maximum absolute atomic E-state index is 11.6. The Hall–Kier alpha value is -1.34. The van der Waals surface area contributed by atoms with E-state index in [-0.39, 0.29) is 18.0 Å². The number of carboxylic acids is 1. The third-order valence-corrected chi connectivity index (χ3v) is 3.58. The molecule has 1 fully saturated rings. The van der Waals surface area contributed by atoms with Gasteiger partial charge in [0.1, 0.15) is 0 Å². The van der Waals surface area contributed by atoms with E-state index in [1.54, 1.807) is 7.11 Å². The molecule has 0 heterocycles. The van der Waals surface area contributed by atoms with Gasteiger partial charge < -0.3 is 25.6 Å². The van der Waals surface area contributed by atoms with E-state index in [2.05, 4.69) is 10.6 Å². The number of rotatable bonds is 9. The molecule has 0 aromatic rings. The highest BCUT2D eigenvalue weighted by Gasteiger charge is 2.42. The molecule has 1 unspecified atom stereocenters. The van der Waals surface area contributed by atoms with Crippen molar-refractivity contribution in [2.24, 2.45) is 5.41 Å². The summed E-state index contributed by atoms with van der Waals surface area (Å²) in [5.41, 5.74) is -1.30. The number of ether oxygens (including phenoxy) is 1. The Morgan fingerprint density at radius 1 is 1.35 bits per heavy atom. The fourth-order valence-corrected chi connectivity index (χ4v) is 2.00. The van der Waals surface area contributed by atoms with Crippen molar-refractivity contribution in [2.75, 3.05) is 26.8 Å². The minimum Gasteiger partial charge on any atom is -0.481 e. The number of aliphatic carboxylic acids is 1. The average Bonchev–Trinajstić information content (AvgIpc) is 3.11. The highest BCUT2D eigenvalue weighted by Crippen LogP contribution is 2.48. The second-order valence-corrected chi connectivity index (χ2v) is 5.85. The predicted molar refractivity (Wildman–Crippen MR) is 72.4 cm³/mol. The zero-order valence-electron chi connectivity index (χ0n) is 12.1. The smallest absolute Gasteiger partial charge is 0.314 e. The van der Waals surface area contributed by atoms with Crippen molar-refractivity contribution in [1.29, 1.82) is 0 Å². The third-order valence-electron chi connectivity index (χ3n) is 3.58. The van der Waals surface area contributed by atoms with Gasteiger partial charge >= 0.3 is 12.0 Å². The number of carbonyl (C=O) groups excluding carboxylic acids is 1. The van der Waals surface area contributed by atoms with Gasteiger partial charge in [-0.05, 0) is 31.6 Å². The van der Waals surface area contributed by atoms with Crippen molar-refractivity contribution in [1.82, 2.24) is 10.6 Å². The van der Waals surface area contributed by atoms with Gasteiger partial charge in [-0.2, -0.15) is 0 Å². The first-order valence-electron chi connectivity index (χ1n) is 6.73. The van der Waals surface area contributed by atoms with Gasteiger partial charge in [-0.1, -0.05) is 0 Å². The lowest BCUT2D eigenvalue weighted by Crippen LogP contribution is -2.46. The molecule has 0 radical (unpaired) electrons. The molecule has 1 aliphatic carbocycles. The van der Waals surface area contributed by atoms with Crippen molar-refractivity contribution in [3.8, 4) is 0 Å². The molecule has 0 bridgehead atoms. The Balaban J connectivity index is 2.22. The maximum atomic E-state index is 11.6. The molecule has 0 aliphatic heterocycles. The van der Waals surface area contributed by atoms with E-state index in [9.17, 15) is 14.7 Å². The molecule has 0 aromatic heterocycles. The van der Waals surface area contributed by atoms with Crippen LogP contribution in [0.2, 0.25) is 0 Å². The van der Waals surface area contributed by atoms with Crippen LogP contribution >= 0.6 is 0 Å². The molecule has 0 saturated heterocycles. The van der Waals surface area contributed by atoms with Crippen molar-refractivity contribution in [3.05, 3.63) is 0 Å². The second-order valence-electron chi connectivity index (χ2n) is 5.85. The van der Waals surface area contributed by atoms with Crippen LogP contribution in [-0.4, -0.2) is 54.6 Å². The van der Waals surface area contributed by atoms with E-state index in [0.29, 0.717) is 13.2 Å². The summed E-state index contributed by atoms with van der Waals surface area (Å²) in [5.74, 6) is -1.10.